The molecule has 0 unspecified atom stereocenters. The summed E-state index contributed by atoms with van der Waals surface area (Å²) in [5.74, 6) is 0.00380. The lowest BCUT2D eigenvalue weighted by Crippen LogP contribution is -2.39. The molecule has 27 heavy (non-hydrogen) atoms. The number of carbonyl (C=O) groups is 1. The summed E-state index contributed by atoms with van der Waals surface area (Å²) in [6.45, 7) is 2.36. The summed E-state index contributed by atoms with van der Waals surface area (Å²) in [5.41, 5.74) is 1.07. The van der Waals surface area contributed by atoms with Crippen LogP contribution in [0.5, 0.6) is 0 Å². The van der Waals surface area contributed by atoms with Crippen molar-refractivity contribution in [1.82, 2.24) is 9.55 Å². The summed E-state index contributed by atoms with van der Waals surface area (Å²) >= 11 is 6.02. The van der Waals surface area contributed by atoms with Crippen LogP contribution in [0.15, 0.2) is 33.9 Å². The van der Waals surface area contributed by atoms with E-state index in [1.54, 1.807) is 0 Å². The largest absolute Gasteiger partial charge is 0.329 e. The molecule has 1 amide bonds. The van der Waals surface area contributed by atoms with Crippen LogP contribution in [0.3, 0.4) is 0 Å². The van der Waals surface area contributed by atoms with E-state index in [1.165, 1.54) is 0 Å². The van der Waals surface area contributed by atoms with Gasteiger partial charge in [-0.3, -0.25) is 19.1 Å². The maximum Gasteiger partial charge on any atom is 0.329 e. The summed E-state index contributed by atoms with van der Waals surface area (Å²) in [5, 5.41) is 2.45. The van der Waals surface area contributed by atoms with Crippen molar-refractivity contribution in [1.29, 1.82) is 0 Å². The zero-order valence-electron chi connectivity index (χ0n) is 15.4. The lowest BCUT2D eigenvalue weighted by molar-refractivity contribution is -0.116. The van der Waals surface area contributed by atoms with Crippen LogP contribution in [0.4, 0.5) is 5.69 Å². The Bertz CT molecular complexity index is 925. The van der Waals surface area contributed by atoms with Crippen molar-refractivity contribution in [2.75, 3.05) is 5.32 Å². The Morgan fingerprint density at radius 2 is 1.89 bits per heavy atom. The van der Waals surface area contributed by atoms with Crippen LogP contribution in [-0.2, 0) is 17.8 Å². The number of benzene rings is 1. The molecule has 2 N–H and O–H groups in total. The van der Waals surface area contributed by atoms with Gasteiger partial charge in [-0.1, -0.05) is 54.3 Å². The van der Waals surface area contributed by atoms with Gasteiger partial charge in [0.15, 0.2) is 0 Å². The summed E-state index contributed by atoms with van der Waals surface area (Å²) in [6.07, 6.45) is 5.03. The number of carbonyl (C=O) groups excluding carboxylic acids is 1. The molecule has 1 heterocycles. The van der Waals surface area contributed by atoms with Crippen LogP contribution in [0, 0.1) is 12.8 Å². The second-order valence-electron chi connectivity index (χ2n) is 7.22. The number of anilines is 1. The second-order valence-corrected chi connectivity index (χ2v) is 7.60. The van der Waals surface area contributed by atoms with Crippen molar-refractivity contribution in [2.24, 2.45) is 5.92 Å². The Labute approximate surface area is 162 Å². The van der Waals surface area contributed by atoms with Gasteiger partial charge in [0.2, 0.25) is 5.91 Å². The second kappa shape index (κ2) is 8.57. The number of nitrogens with one attached hydrogen (secondary N) is 2. The first kappa shape index (κ1) is 19.4. The standard InChI is InChI=1S/C20H24ClN3O3/c1-13-6-8-14(9-7-13)10-11-16(25)22-17-18(21)23-20(27)24(19(17)26)12-15-4-2-3-5-15/h6-9,15H,2-5,10-12H2,1H3,(H,22,25)(H,23,27). The highest BCUT2D eigenvalue weighted by molar-refractivity contribution is 6.32. The number of aryl methyl sites for hydroxylation is 2. The monoisotopic (exact) mass is 389 g/mol. The summed E-state index contributed by atoms with van der Waals surface area (Å²) < 4.78 is 1.15. The zero-order chi connectivity index (χ0) is 19.4. The molecule has 1 aromatic carbocycles. The molecule has 144 valence electrons. The Balaban J connectivity index is 1.71. The van der Waals surface area contributed by atoms with Gasteiger partial charge in [-0.15, -0.1) is 0 Å². The first-order valence-electron chi connectivity index (χ1n) is 9.32. The maximum atomic E-state index is 12.7. The molecule has 3 rings (SSSR count). The molecule has 7 heteroatoms. The lowest BCUT2D eigenvalue weighted by atomic mass is 10.1. The zero-order valence-corrected chi connectivity index (χ0v) is 16.1. The van der Waals surface area contributed by atoms with Crippen molar-refractivity contribution in [3.05, 3.63) is 61.4 Å². The molecule has 0 aliphatic heterocycles. The smallest absolute Gasteiger partial charge is 0.319 e. The third-order valence-corrected chi connectivity index (χ3v) is 5.37. The minimum atomic E-state index is -0.542. The fraction of sp³-hybridized carbons (Fsp3) is 0.450. The molecule has 0 radical (unpaired) electrons. The van der Waals surface area contributed by atoms with Crippen molar-refractivity contribution >= 4 is 23.2 Å². The van der Waals surface area contributed by atoms with Gasteiger partial charge < -0.3 is 5.32 Å². The van der Waals surface area contributed by atoms with Crippen LogP contribution in [0.25, 0.3) is 0 Å². The van der Waals surface area contributed by atoms with E-state index >= 15 is 0 Å². The highest BCUT2D eigenvalue weighted by Gasteiger charge is 2.20. The molecular weight excluding hydrogens is 366 g/mol. The molecule has 1 aromatic heterocycles. The number of rotatable bonds is 6. The van der Waals surface area contributed by atoms with Crippen LogP contribution in [0.1, 0.15) is 43.2 Å². The predicted octanol–water partition coefficient (Wildman–Crippen LogP) is 3.26. The van der Waals surface area contributed by atoms with Gasteiger partial charge in [0.25, 0.3) is 5.56 Å². The van der Waals surface area contributed by atoms with Crippen molar-refractivity contribution < 1.29 is 4.79 Å². The molecule has 1 fully saturated rings. The number of halogens is 1. The number of hydrogen-bond acceptors (Lipinski definition) is 3. The highest BCUT2D eigenvalue weighted by Crippen LogP contribution is 2.25. The Hall–Kier alpha value is -2.34. The number of aromatic nitrogens is 2. The average molecular weight is 390 g/mol. The molecule has 0 bridgehead atoms. The van der Waals surface area contributed by atoms with Crippen molar-refractivity contribution in [3.8, 4) is 0 Å². The van der Waals surface area contributed by atoms with Gasteiger partial charge in [0, 0.05) is 13.0 Å². The van der Waals surface area contributed by atoms with Gasteiger partial charge in [-0.2, -0.15) is 0 Å². The van der Waals surface area contributed by atoms with E-state index in [0.717, 1.165) is 41.4 Å². The number of H-pyrrole nitrogens is 1. The molecule has 1 aliphatic rings. The van der Waals surface area contributed by atoms with Crippen molar-refractivity contribution in [3.63, 3.8) is 0 Å². The fourth-order valence-corrected chi connectivity index (χ4v) is 3.69. The van der Waals surface area contributed by atoms with Crippen LogP contribution < -0.4 is 16.6 Å². The molecule has 1 aliphatic carbocycles. The lowest BCUT2D eigenvalue weighted by Gasteiger charge is -2.13. The van der Waals surface area contributed by atoms with E-state index in [9.17, 15) is 14.4 Å². The molecule has 2 aromatic rings. The number of nitrogens with zero attached hydrogens (tertiary/aromatic N) is 1. The molecule has 0 spiro atoms. The normalized spacial score (nSPS) is 14.4. The van der Waals surface area contributed by atoms with E-state index in [2.05, 4.69) is 10.3 Å². The Morgan fingerprint density at radius 3 is 2.56 bits per heavy atom. The quantitative estimate of drug-likeness (QED) is 0.744. The fourth-order valence-electron chi connectivity index (χ4n) is 3.48. The third-order valence-electron chi connectivity index (χ3n) is 5.08. The number of aromatic amines is 1. The van der Waals surface area contributed by atoms with Crippen LogP contribution in [0.2, 0.25) is 5.15 Å². The van der Waals surface area contributed by atoms with E-state index in [1.807, 2.05) is 31.2 Å². The summed E-state index contributed by atoms with van der Waals surface area (Å²) in [7, 11) is 0. The van der Waals surface area contributed by atoms with Gasteiger partial charge in [0.1, 0.15) is 10.8 Å². The highest BCUT2D eigenvalue weighted by atomic mass is 35.5. The third kappa shape index (κ3) is 4.89. The molecule has 6 nitrogen and oxygen atoms in total. The first-order valence-corrected chi connectivity index (χ1v) is 9.70. The molecular formula is C20H24ClN3O3. The molecule has 1 saturated carbocycles. The number of amides is 1. The van der Waals surface area contributed by atoms with E-state index < -0.39 is 11.2 Å². The Kier molecular flexibility index (Phi) is 6.16. The topological polar surface area (TPSA) is 84.0 Å². The molecule has 0 atom stereocenters. The van der Waals surface area contributed by atoms with E-state index in [4.69, 9.17) is 11.6 Å². The van der Waals surface area contributed by atoms with Crippen molar-refractivity contribution in [2.45, 2.75) is 52.0 Å². The minimum absolute atomic E-state index is 0.0526. The van der Waals surface area contributed by atoms with E-state index in [-0.39, 0.29) is 23.2 Å². The van der Waals surface area contributed by atoms with Gasteiger partial charge in [0.05, 0.1) is 0 Å². The first-order chi connectivity index (χ1) is 12.9. The SMILES string of the molecule is Cc1ccc(CCC(=O)Nc2c(Cl)[nH]c(=O)n(CC3CCCC3)c2=O)cc1. The molecule has 0 saturated heterocycles. The average Bonchev–Trinajstić information content (AvgIpc) is 3.15. The number of hydrogen-bond donors (Lipinski definition) is 2. The summed E-state index contributed by atoms with van der Waals surface area (Å²) in [4.78, 5) is 39.6. The Morgan fingerprint density at radius 1 is 1.22 bits per heavy atom. The van der Waals surface area contributed by atoms with Crippen LogP contribution in [-0.4, -0.2) is 15.5 Å². The minimum Gasteiger partial charge on any atom is -0.319 e. The maximum absolute atomic E-state index is 12.7. The van der Waals surface area contributed by atoms with Crippen LogP contribution >= 0.6 is 11.6 Å². The predicted molar refractivity (Wildman–Crippen MR) is 106 cm³/mol. The van der Waals surface area contributed by atoms with E-state index in [0.29, 0.717) is 18.9 Å². The van der Waals surface area contributed by atoms with Gasteiger partial charge in [-0.25, -0.2) is 4.79 Å². The van der Waals surface area contributed by atoms with Gasteiger partial charge in [-0.05, 0) is 37.7 Å². The van der Waals surface area contributed by atoms with Gasteiger partial charge >= 0.3 is 5.69 Å². The summed E-state index contributed by atoms with van der Waals surface area (Å²) in [6, 6.07) is 7.94.